The van der Waals surface area contributed by atoms with Gasteiger partial charge in [-0.25, -0.2) is 0 Å². The van der Waals surface area contributed by atoms with Gasteiger partial charge in [-0.2, -0.15) is 0 Å². The van der Waals surface area contributed by atoms with Gasteiger partial charge in [0.1, 0.15) is 11.4 Å². The molecule has 0 radical (unpaired) electrons. The van der Waals surface area contributed by atoms with Crippen LogP contribution in [-0.2, 0) is 0 Å². The molecule has 21 heavy (non-hydrogen) atoms. The van der Waals surface area contributed by atoms with Crippen LogP contribution in [0.1, 0.15) is 20.8 Å². The fraction of sp³-hybridized carbons (Fsp3) is 0.200. The molecule has 3 aromatic rings. The Bertz CT molecular complexity index is 752. The second-order valence-electron chi connectivity index (χ2n) is 6.24. The highest BCUT2D eigenvalue weighted by atomic mass is 16.5. The monoisotopic (exact) mass is 276 g/mol. The topological polar surface area (TPSA) is 9.23 Å². The van der Waals surface area contributed by atoms with Gasteiger partial charge in [0.05, 0.1) is 0 Å². The molecular formula is C20H20O. The largest absolute Gasteiger partial charge is 0.487 e. The van der Waals surface area contributed by atoms with Gasteiger partial charge in [-0.05, 0) is 43.2 Å². The lowest BCUT2D eigenvalue weighted by molar-refractivity contribution is 0.132. The molecule has 0 atom stereocenters. The van der Waals surface area contributed by atoms with Gasteiger partial charge in [-0.3, -0.25) is 0 Å². The SMILES string of the molecule is CC(C)(C)Oc1ccc2ccccc2c1-c1ccccc1. The summed E-state index contributed by atoms with van der Waals surface area (Å²) in [7, 11) is 0. The van der Waals surface area contributed by atoms with Gasteiger partial charge in [-0.1, -0.05) is 60.7 Å². The third kappa shape index (κ3) is 2.92. The Morgan fingerprint density at radius 2 is 1.38 bits per heavy atom. The molecule has 1 heteroatoms. The summed E-state index contributed by atoms with van der Waals surface area (Å²) in [5.74, 6) is 0.937. The Morgan fingerprint density at radius 3 is 2.10 bits per heavy atom. The maximum Gasteiger partial charge on any atom is 0.128 e. The molecule has 106 valence electrons. The summed E-state index contributed by atoms with van der Waals surface area (Å²) < 4.78 is 6.20. The van der Waals surface area contributed by atoms with Gasteiger partial charge in [-0.15, -0.1) is 0 Å². The first-order valence-electron chi connectivity index (χ1n) is 7.31. The smallest absolute Gasteiger partial charge is 0.128 e. The summed E-state index contributed by atoms with van der Waals surface area (Å²) in [4.78, 5) is 0. The fourth-order valence-electron chi connectivity index (χ4n) is 2.57. The molecule has 0 saturated heterocycles. The maximum absolute atomic E-state index is 6.20. The van der Waals surface area contributed by atoms with Crippen molar-refractivity contribution in [1.82, 2.24) is 0 Å². The summed E-state index contributed by atoms with van der Waals surface area (Å²) in [6, 6.07) is 23.1. The van der Waals surface area contributed by atoms with E-state index in [9.17, 15) is 0 Å². The predicted molar refractivity (Wildman–Crippen MR) is 89.8 cm³/mol. The first kappa shape index (κ1) is 13.7. The van der Waals surface area contributed by atoms with Crippen molar-refractivity contribution in [3.8, 4) is 16.9 Å². The van der Waals surface area contributed by atoms with Crippen molar-refractivity contribution >= 4 is 10.8 Å². The van der Waals surface area contributed by atoms with Gasteiger partial charge >= 0.3 is 0 Å². The van der Waals surface area contributed by atoms with Crippen LogP contribution in [0.3, 0.4) is 0 Å². The molecule has 0 saturated carbocycles. The quantitative estimate of drug-likeness (QED) is 0.584. The Kier molecular flexibility index (Phi) is 3.42. The third-order valence-electron chi connectivity index (χ3n) is 3.37. The molecule has 1 nitrogen and oxygen atoms in total. The molecule has 0 N–H and O–H groups in total. The van der Waals surface area contributed by atoms with Crippen molar-refractivity contribution in [3.05, 3.63) is 66.7 Å². The minimum absolute atomic E-state index is 0.216. The molecule has 0 aromatic heterocycles. The predicted octanol–water partition coefficient (Wildman–Crippen LogP) is 5.68. The van der Waals surface area contributed by atoms with Crippen molar-refractivity contribution in [2.45, 2.75) is 26.4 Å². The minimum atomic E-state index is -0.216. The minimum Gasteiger partial charge on any atom is -0.487 e. The molecule has 0 spiro atoms. The molecule has 3 rings (SSSR count). The first-order chi connectivity index (χ1) is 10.0. The van der Waals surface area contributed by atoms with Crippen molar-refractivity contribution in [2.24, 2.45) is 0 Å². The summed E-state index contributed by atoms with van der Waals surface area (Å²) in [5, 5.41) is 2.46. The van der Waals surface area contributed by atoms with Crippen molar-refractivity contribution in [3.63, 3.8) is 0 Å². The van der Waals surface area contributed by atoms with Gasteiger partial charge < -0.3 is 4.74 Å². The molecule has 0 amide bonds. The second kappa shape index (κ2) is 5.25. The second-order valence-corrected chi connectivity index (χ2v) is 6.24. The average molecular weight is 276 g/mol. The molecular weight excluding hydrogens is 256 g/mol. The van der Waals surface area contributed by atoms with E-state index in [0.29, 0.717) is 0 Å². The summed E-state index contributed by atoms with van der Waals surface area (Å²) in [6.45, 7) is 6.24. The first-order valence-corrected chi connectivity index (χ1v) is 7.31. The van der Waals surface area contributed by atoms with E-state index in [-0.39, 0.29) is 5.60 Å². The highest BCUT2D eigenvalue weighted by molar-refractivity contribution is 5.99. The summed E-state index contributed by atoms with van der Waals surface area (Å²) >= 11 is 0. The van der Waals surface area contributed by atoms with E-state index in [2.05, 4.69) is 81.4 Å². The van der Waals surface area contributed by atoms with Gasteiger partial charge in [0.15, 0.2) is 0 Å². The maximum atomic E-state index is 6.20. The van der Waals surface area contributed by atoms with Crippen molar-refractivity contribution in [2.75, 3.05) is 0 Å². The van der Waals surface area contributed by atoms with Crippen LogP contribution >= 0.6 is 0 Å². The van der Waals surface area contributed by atoms with Crippen LogP contribution in [0.15, 0.2) is 66.7 Å². The van der Waals surface area contributed by atoms with Gasteiger partial charge in [0.2, 0.25) is 0 Å². The van der Waals surface area contributed by atoms with Crippen LogP contribution in [0.25, 0.3) is 21.9 Å². The van der Waals surface area contributed by atoms with Gasteiger partial charge in [0.25, 0.3) is 0 Å². The van der Waals surface area contributed by atoms with Crippen LogP contribution < -0.4 is 4.74 Å². The number of hydrogen-bond acceptors (Lipinski definition) is 1. The van der Waals surface area contributed by atoms with E-state index >= 15 is 0 Å². The summed E-state index contributed by atoms with van der Waals surface area (Å²) in [6.07, 6.45) is 0. The Labute approximate surface area is 126 Å². The lowest BCUT2D eigenvalue weighted by atomic mass is 9.97. The standard InChI is InChI=1S/C20H20O/c1-20(2,3)21-18-14-13-15-9-7-8-12-17(15)19(18)16-10-5-4-6-11-16/h4-14H,1-3H3. The van der Waals surface area contributed by atoms with Crippen LogP contribution in [0.4, 0.5) is 0 Å². The van der Waals surface area contributed by atoms with E-state index < -0.39 is 0 Å². The Hall–Kier alpha value is -2.28. The highest BCUT2D eigenvalue weighted by Crippen LogP contribution is 2.38. The highest BCUT2D eigenvalue weighted by Gasteiger charge is 2.17. The van der Waals surface area contributed by atoms with Crippen LogP contribution in [0, 0.1) is 0 Å². The molecule has 0 aliphatic carbocycles. The zero-order chi connectivity index (χ0) is 14.9. The lowest BCUT2D eigenvalue weighted by Gasteiger charge is -2.24. The van der Waals surface area contributed by atoms with Gasteiger partial charge in [0, 0.05) is 5.56 Å². The van der Waals surface area contributed by atoms with Crippen molar-refractivity contribution < 1.29 is 4.74 Å². The molecule has 0 unspecified atom stereocenters. The molecule has 0 bridgehead atoms. The fourth-order valence-corrected chi connectivity index (χ4v) is 2.57. The van der Waals surface area contributed by atoms with Crippen molar-refractivity contribution in [1.29, 1.82) is 0 Å². The van der Waals surface area contributed by atoms with Crippen LogP contribution in [0.5, 0.6) is 5.75 Å². The number of ether oxygens (including phenoxy) is 1. The molecule has 3 aromatic carbocycles. The molecule has 0 heterocycles. The zero-order valence-corrected chi connectivity index (χ0v) is 12.8. The number of rotatable bonds is 2. The van der Waals surface area contributed by atoms with E-state index in [1.165, 1.54) is 21.9 Å². The lowest BCUT2D eigenvalue weighted by Crippen LogP contribution is -2.23. The van der Waals surface area contributed by atoms with Crippen LogP contribution in [0.2, 0.25) is 0 Å². The van der Waals surface area contributed by atoms with E-state index in [4.69, 9.17) is 4.74 Å². The Morgan fingerprint density at radius 1 is 0.714 bits per heavy atom. The summed E-state index contributed by atoms with van der Waals surface area (Å²) in [5.41, 5.74) is 2.14. The van der Waals surface area contributed by atoms with E-state index in [0.717, 1.165) is 5.75 Å². The average Bonchev–Trinajstić information content (AvgIpc) is 2.46. The van der Waals surface area contributed by atoms with Crippen LogP contribution in [-0.4, -0.2) is 5.60 Å². The number of fused-ring (bicyclic) bond motifs is 1. The number of hydrogen-bond donors (Lipinski definition) is 0. The van der Waals surface area contributed by atoms with E-state index in [1.54, 1.807) is 0 Å². The normalized spacial score (nSPS) is 11.6. The molecule has 0 aliphatic rings. The molecule has 0 aliphatic heterocycles. The third-order valence-corrected chi connectivity index (χ3v) is 3.37. The Balaban J connectivity index is 2.28. The van der Waals surface area contributed by atoms with E-state index in [1.807, 2.05) is 6.07 Å². The zero-order valence-electron chi connectivity index (χ0n) is 12.8. The molecule has 0 fully saturated rings. The number of benzene rings is 3.